The number of halogens is 2. The smallest absolute Gasteiger partial charge is 0.165 e. The monoisotopic (exact) mass is 286 g/mol. The SMILES string of the molecule is Nc1ccc(COc2cc(F)ccc2F)c2ncccc12. The molecule has 0 spiro atoms. The predicted molar refractivity (Wildman–Crippen MR) is 76.8 cm³/mol. The highest BCUT2D eigenvalue weighted by Gasteiger charge is 2.09. The lowest BCUT2D eigenvalue weighted by Crippen LogP contribution is -2.01. The van der Waals surface area contributed by atoms with Crippen molar-refractivity contribution in [2.75, 3.05) is 5.73 Å². The van der Waals surface area contributed by atoms with E-state index < -0.39 is 11.6 Å². The number of anilines is 1. The molecular formula is C16H12F2N2O. The number of fused-ring (bicyclic) bond motifs is 1. The van der Waals surface area contributed by atoms with Crippen LogP contribution in [0.25, 0.3) is 10.9 Å². The van der Waals surface area contributed by atoms with Crippen LogP contribution >= 0.6 is 0 Å². The molecule has 2 N–H and O–H groups in total. The number of hydrogen-bond acceptors (Lipinski definition) is 3. The van der Waals surface area contributed by atoms with Crippen LogP contribution in [0.2, 0.25) is 0 Å². The first kappa shape index (κ1) is 13.3. The molecule has 106 valence electrons. The fraction of sp³-hybridized carbons (Fsp3) is 0.0625. The summed E-state index contributed by atoms with van der Waals surface area (Å²) >= 11 is 0. The Labute approximate surface area is 120 Å². The lowest BCUT2D eigenvalue weighted by molar-refractivity contribution is 0.289. The van der Waals surface area contributed by atoms with E-state index in [2.05, 4.69) is 4.98 Å². The van der Waals surface area contributed by atoms with E-state index in [1.165, 1.54) is 0 Å². The summed E-state index contributed by atoms with van der Waals surface area (Å²) in [6, 6.07) is 10.2. The molecule has 3 nitrogen and oxygen atoms in total. The van der Waals surface area contributed by atoms with Crippen LogP contribution < -0.4 is 10.5 Å². The van der Waals surface area contributed by atoms with E-state index in [1.807, 2.05) is 6.07 Å². The molecule has 0 aliphatic rings. The number of hydrogen-bond donors (Lipinski definition) is 1. The molecule has 5 heteroatoms. The van der Waals surface area contributed by atoms with Crippen molar-refractivity contribution in [3.05, 3.63) is 65.9 Å². The number of rotatable bonds is 3. The molecule has 3 rings (SSSR count). The summed E-state index contributed by atoms with van der Waals surface area (Å²) in [5.41, 5.74) is 7.94. The van der Waals surface area contributed by atoms with Gasteiger partial charge in [-0.05, 0) is 30.3 Å². The van der Waals surface area contributed by atoms with Gasteiger partial charge in [-0.15, -0.1) is 0 Å². The van der Waals surface area contributed by atoms with Crippen LogP contribution in [0.1, 0.15) is 5.56 Å². The van der Waals surface area contributed by atoms with Gasteiger partial charge in [0.25, 0.3) is 0 Å². The number of benzene rings is 2. The van der Waals surface area contributed by atoms with Crippen LogP contribution in [0.5, 0.6) is 5.75 Å². The number of pyridine rings is 1. The third-order valence-electron chi connectivity index (χ3n) is 3.16. The predicted octanol–water partition coefficient (Wildman–Crippen LogP) is 3.67. The summed E-state index contributed by atoms with van der Waals surface area (Å²) in [6.45, 7) is 0.0775. The summed E-state index contributed by atoms with van der Waals surface area (Å²) in [5, 5.41) is 0.804. The fourth-order valence-corrected chi connectivity index (χ4v) is 2.11. The van der Waals surface area contributed by atoms with Crippen molar-refractivity contribution in [3.63, 3.8) is 0 Å². The van der Waals surface area contributed by atoms with Gasteiger partial charge in [-0.3, -0.25) is 4.98 Å². The molecule has 0 unspecified atom stereocenters. The summed E-state index contributed by atoms with van der Waals surface area (Å²) in [7, 11) is 0. The van der Waals surface area contributed by atoms with E-state index in [0.717, 1.165) is 29.1 Å². The number of nitrogens with two attached hydrogens (primary N) is 1. The molecule has 1 aromatic heterocycles. The molecule has 0 amide bonds. The molecule has 3 aromatic rings. The highest BCUT2D eigenvalue weighted by atomic mass is 19.1. The van der Waals surface area contributed by atoms with Crippen LogP contribution in [0.3, 0.4) is 0 Å². The average Bonchev–Trinajstić information content (AvgIpc) is 2.50. The van der Waals surface area contributed by atoms with Crippen molar-refractivity contribution < 1.29 is 13.5 Å². The van der Waals surface area contributed by atoms with Gasteiger partial charge in [0.2, 0.25) is 0 Å². The van der Waals surface area contributed by atoms with Crippen LogP contribution in [-0.2, 0) is 6.61 Å². The summed E-state index contributed by atoms with van der Waals surface area (Å²) < 4.78 is 32.0. The molecule has 0 radical (unpaired) electrons. The molecule has 2 aromatic carbocycles. The van der Waals surface area contributed by atoms with Crippen LogP contribution in [0.4, 0.5) is 14.5 Å². The summed E-state index contributed by atoms with van der Waals surface area (Å²) in [4.78, 5) is 4.27. The second-order valence-electron chi connectivity index (χ2n) is 4.58. The van der Waals surface area contributed by atoms with Gasteiger partial charge in [-0.25, -0.2) is 8.78 Å². The van der Waals surface area contributed by atoms with E-state index in [-0.39, 0.29) is 12.4 Å². The van der Waals surface area contributed by atoms with Gasteiger partial charge in [-0.1, -0.05) is 6.07 Å². The van der Waals surface area contributed by atoms with Gasteiger partial charge < -0.3 is 10.5 Å². The van der Waals surface area contributed by atoms with Crippen molar-refractivity contribution in [3.8, 4) is 5.75 Å². The van der Waals surface area contributed by atoms with Gasteiger partial charge in [0, 0.05) is 28.9 Å². The molecule has 0 saturated carbocycles. The maximum atomic E-state index is 13.5. The second-order valence-corrected chi connectivity index (χ2v) is 4.58. The van der Waals surface area contributed by atoms with E-state index in [0.29, 0.717) is 11.2 Å². The maximum Gasteiger partial charge on any atom is 0.165 e. The zero-order chi connectivity index (χ0) is 14.8. The van der Waals surface area contributed by atoms with Crippen molar-refractivity contribution >= 4 is 16.6 Å². The minimum atomic E-state index is -0.607. The largest absolute Gasteiger partial charge is 0.486 e. The van der Waals surface area contributed by atoms with Gasteiger partial charge >= 0.3 is 0 Å². The van der Waals surface area contributed by atoms with Crippen LogP contribution in [0.15, 0.2) is 48.7 Å². The van der Waals surface area contributed by atoms with Crippen molar-refractivity contribution in [1.82, 2.24) is 4.98 Å². The Morgan fingerprint density at radius 3 is 2.81 bits per heavy atom. The topological polar surface area (TPSA) is 48.1 Å². The minimum Gasteiger partial charge on any atom is -0.486 e. The number of nitrogens with zero attached hydrogens (tertiary/aromatic N) is 1. The van der Waals surface area contributed by atoms with Crippen LogP contribution in [-0.4, -0.2) is 4.98 Å². The molecule has 0 bridgehead atoms. The van der Waals surface area contributed by atoms with E-state index in [1.54, 1.807) is 24.4 Å². The molecule has 0 aliphatic carbocycles. The molecule has 21 heavy (non-hydrogen) atoms. The second kappa shape index (κ2) is 5.36. The molecule has 0 aliphatic heterocycles. The maximum absolute atomic E-state index is 13.5. The molecule has 1 heterocycles. The van der Waals surface area contributed by atoms with Gasteiger partial charge in [0.1, 0.15) is 12.4 Å². The standard InChI is InChI=1S/C16H12F2N2O/c17-11-4-5-13(18)15(8-11)21-9-10-3-6-14(19)12-2-1-7-20-16(10)12/h1-8H,9,19H2. The van der Waals surface area contributed by atoms with Crippen molar-refractivity contribution in [2.45, 2.75) is 6.61 Å². The quantitative estimate of drug-likeness (QED) is 0.747. The Hall–Kier alpha value is -2.69. The third-order valence-corrected chi connectivity index (χ3v) is 3.16. The first-order valence-corrected chi connectivity index (χ1v) is 6.35. The lowest BCUT2D eigenvalue weighted by atomic mass is 10.1. The Morgan fingerprint density at radius 2 is 1.95 bits per heavy atom. The van der Waals surface area contributed by atoms with E-state index in [9.17, 15) is 8.78 Å². The first-order valence-electron chi connectivity index (χ1n) is 6.35. The average molecular weight is 286 g/mol. The van der Waals surface area contributed by atoms with E-state index in [4.69, 9.17) is 10.5 Å². The summed E-state index contributed by atoms with van der Waals surface area (Å²) in [6.07, 6.45) is 1.65. The zero-order valence-corrected chi connectivity index (χ0v) is 11.0. The first-order chi connectivity index (χ1) is 10.1. The van der Waals surface area contributed by atoms with Gasteiger partial charge in [0.05, 0.1) is 5.52 Å². The molecule has 0 saturated heterocycles. The number of aromatic nitrogens is 1. The Balaban J connectivity index is 1.92. The Kier molecular flexibility index (Phi) is 3.39. The van der Waals surface area contributed by atoms with Crippen molar-refractivity contribution in [2.24, 2.45) is 0 Å². The summed E-state index contributed by atoms with van der Waals surface area (Å²) in [5.74, 6) is -1.29. The Bertz CT molecular complexity index is 805. The lowest BCUT2D eigenvalue weighted by Gasteiger charge is -2.10. The number of ether oxygens (including phenoxy) is 1. The Morgan fingerprint density at radius 1 is 1.10 bits per heavy atom. The fourth-order valence-electron chi connectivity index (χ4n) is 2.11. The zero-order valence-electron chi connectivity index (χ0n) is 11.0. The van der Waals surface area contributed by atoms with Crippen molar-refractivity contribution in [1.29, 1.82) is 0 Å². The minimum absolute atomic E-state index is 0.0775. The highest BCUT2D eigenvalue weighted by Crippen LogP contribution is 2.25. The van der Waals surface area contributed by atoms with Crippen LogP contribution in [0, 0.1) is 11.6 Å². The highest BCUT2D eigenvalue weighted by molar-refractivity contribution is 5.92. The van der Waals surface area contributed by atoms with Gasteiger partial charge in [-0.2, -0.15) is 0 Å². The third kappa shape index (κ3) is 2.63. The molecule has 0 atom stereocenters. The molecular weight excluding hydrogens is 274 g/mol. The molecule has 0 fully saturated rings. The number of nitrogen functional groups attached to an aromatic ring is 1. The van der Waals surface area contributed by atoms with E-state index >= 15 is 0 Å². The van der Waals surface area contributed by atoms with Gasteiger partial charge in [0.15, 0.2) is 11.6 Å². The normalized spacial score (nSPS) is 10.8.